The predicted molar refractivity (Wildman–Crippen MR) is 88.1 cm³/mol. The SMILES string of the molecule is CC(O)COc1ccc2c(OCC(C)O)c(S(=O)(=O)O)ccc2c1. The lowest BCUT2D eigenvalue weighted by atomic mass is 10.1. The van der Waals surface area contributed by atoms with Gasteiger partial charge < -0.3 is 19.7 Å². The monoisotopic (exact) mass is 356 g/mol. The van der Waals surface area contributed by atoms with Crippen LogP contribution in [0.25, 0.3) is 10.8 Å². The Bertz CT molecular complexity index is 813. The minimum absolute atomic E-state index is 0.0297. The number of aliphatic hydroxyl groups is 2. The van der Waals surface area contributed by atoms with E-state index in [0.29, 0.717) is 16.5 Å². The molecule has 0 spiro atoms. The van der Waals surface area contributed by atoms with Crippen LogP contribution in [0.5, 0.6) is 11.5 Å². The summed E-state index contributed by atoms with van der Waals surface area (Å²) in [4.78, 5) is -0.367. The second kappa shape index (κ2) is 7.35. The van der Waals surface area contributed by atoms with E-state index < -0.39 is 22.3 Å². The molecule has 0 aliphatic heterocycles. The molecule has 0 bridgehead atoms. The van der Waals surface area contributed by atoms with Gasteiger partial charge in [-0.05, 0) is 43.5 Å². The fraction of sp³-hybridized carbons (Fsp3) is 0.375. The highest BCUT2D eigenvalue weighted by atomic mass is 32.2. The number of ether oxygens (including phenoxy) is 2. The predicted octanol–water partition coefficient (Wildman–Crippen LogP) is 1.61. The number of aliphatic hydroxyl groups excluding tert-OH is 2. The fourth-order valence-corrected chi connectivity index (χ4v) is 2.77. The van der Waals surface area contributed by atoms with Gasteiger partial charge in [-0.3, -0.25) is 4.55 Å². The molecule has 24 heavy (non-hydrogen) atoms. The number of hydrogen-bond acceptors (Lipinski definition) is 6. The summed E-state index contributed by atoms with van der Waals surface area (Å²) in [5.41, 5.74) is 0. The van der Waals surface area contributed by atoms with Crippen molar-refractivity contribution in [3.05, 3.63) is 30.3 Å². The van der Waals surface area contributed by atoms with E-state index in [1.165, 1.54) is 19.1 Å². The maximum atomic E-state index is 11.5. The number of benzene rings is 2. The summed E-state index contributed by atoms with van der Waals surface area (Å²) in [6.07, 6.45) is -1.42. The van der Waals surface area contributed by atoms with Crippen molar-refractivity contribution in [2.24, 2.45) is 0 Å². The van der Waals surface area contributed by atoms with Gasteiger partial charge in [-0.15, -0.1) is 0 Å². The molecule has 0 saturated heterocycles. The van der Waals surface area contributed by atoms with E-state index in [1.807, 2.05) is 0 Å². The summed E-state index contributed by atoms with van der Waals surface area (Å²) in [6.45, 7) is 3.10. The Morgan fingerprint density at radius 1 is 1.00 bits per heavy atom. The first-order chi connectivity index (χ1) is 11.2. The lowest BCUT2D eigenvalue weighted by Gasteiger charge is -2.15. The summed E-state index contributed by atoms with van der Waals surface area (Å²) < 4.78 is 43.3. The molecule has 0 radical (unpaired) electrons. The van der Waals surface area contributed by atoms with Gasteiger partial charge in [0.05, 0.1) is 12.2 Å². The second-order valence-electron chi connectivity index (χ2n) is 5.57. The first kappa shape index (κ1) is 18.5. The Labute approximate surface area is 140 Å². The van der Waals surface area contributed by atoms with Crippen LogP contribution in [-0.2, 0) is 10.1 Å². The van der Waals surface area contributed by atoms with Crippen LogP contribution < -0.4 is 9.47 Å². The highest BCUT2D eigenvalue weighted by molar-refractivity contribution is 7.86. The molecule has 2 unspecified atom stereocenters. The smallest absolute Gasteiger partial charge is 0.298 e. The minimum Gasteiger partial charge on any atom is -0.491 e. The number of fused-ring (bicyclic) bond motifs is 1. The Balaban J connectivity index is 2.50. The van der Waals surface area contributed by atoms with E-state index in [-0.39, 0.29) is 23.9 Å². The summed E-state index contributed by atoms with van der Waals surface area (Å²) >= 11 is 0. The third kappa shape index (κ3) is 4.57. The van der Waals surface area contributed by atoms with Crippen molar-refractivity contribution in [1.82, 2.24) is 0 Å². The highest BCUT2D eigenvalue weighted by Crippen LogP contribution is 2.35. The van der Waals surface area contributed by atoms with Crippen LogP contribution in [0.15, 0.2) is 35.2 Å². The summed E-state index contributed by atoms with van der Waals surface area (Å²) in [6, 6.07) is 7.61. The van der Waals surface area contributed by atoms with E-state index in [0.717, 1.165) is 0 Å². The molecule has 2 aromatic rings. The standard InChI is InChI=1S/C16H20O7S/c1-10(17)8-22-13-4-5-14-12(7-13)3-6-15(24(19,20)21)16(14)23-9-11(2)18/h3-7,10-11,17-18H,8-9H2,1-2H3,(H,19,20,21). The van der Waals surface area contributed by atoms with Crippen LogP contribution in [0.2, 0.25) is 0 Å². The van der Waals surface area contributed by atoms with Crippen LogP contribution in [-0.4, -0.2) is 48.6 Å². The van der Waals surface area contributed by atoms with Crippen molar-refractivity contribution in [3.8, 4) is 11.5 Å². The van der Waals surface area contributed by atoms with Crippen molar-refractivity contribution in [2.75, 3.05) is 13.2 Å². The lowest BCUT2D eigenvalue weighted by Crippen LogP contribution is -2.15. The molecule has 0 heterocycles. The van der Waals surface area contributed by atoms with Crippen molar-refractivity contribution in [3.63, 3.8) is 0 Å². The topological polar surface area (TPSA) is 113 Å². The zero-order valence-electron chi connectivity index (χ0n) is 13.3. The van der Waals surface area contributed by atoms with Gasteiger partial charge in [-0.25, -0.2) is 0 Å². The zero-order valence-corrected chi connectivity index (χ0v) is 14.2. The van der Waals surface area contributed by atoms with Gasteiger partial charge in [-0.1, -0.05) is 6.07 Å². The third-order valence-electron chi connectivity index (χ3n) is 3.14. The Morgan fingerprint density at radius 3 is 2.21 bits per heavy atom. The van der Waals surface area contributed by atoms with E-state index in [2.05, 4.69) is 0 Å². The number of hydrogen-bond donors (Lipinski definition) is 3. The van der Waals surface area contributed by atoms with Gasteiger partial charge in [0.15, 0.2) is 0 Å². The second-order valence-corrected chi connectivity index (χ2v) is 6.96. The Hall–Kier alpha value is -1.87. The maximum Gasteiger partial charge on any atom is 0.298 e. The molecule has 2 atom stereocenters. The molecule has 2 rings (SSSR count). The Morgan fingerprint density at radius 2 is 1.62 bits per heavy atom. The zero-order chi connectivity index (χ0) is 17.9. The van der Waals surface area contributed by atoms with Crippen LogP contribution >= 0.6 is 0 Å². The summed E-state index contributed by atoms with van der Waals surface area (Å²) in [7, 11) is -4.48. The minimum atomic E-state index is -4.48. The van der Waals surface area contributed by atoms with Gasteiger partial charge in [0.2, 0.25) is 0 Å². The van der Waals surface area contributed by atoms with Crippen LogP contribution in [0.1, 0.15) is 13.8 Å². The van der Waals surface area contributed by atoms with Crippen molar-refractivity contribution in [1.29, 1.82) is 0 Å². The molecule has 3 N–H and O–H groups in total. The highest BCUT2D eigenvalue weighted by Gasteiger charge is 2.20. The average molecular weight is 356 g/mol. The molecule has 8 heteroatoms. The average Bonchev–Trinajstić information content (AvgIpc) is 2.48. The van der Waals surface area contributed by atoms with Gasteiger partial charge >= 0.3 is 0 Å². The maximum absolute atomic E-state index is 11.5. The first-order valence-electron chi connectivity index (χ1n) is 7.34. The molecule has 7 nitrogen and oxygen atoms in total. The number of rotatable bonds is 7. The van der Waals surface area contributed by atoms with Gasteiger partial charge in [-0.2, -0.15) is 8.42 Å². The van der Waals surface area contributed by atoms with Gasteiger partial charge in [0, 0.05) is 5.39 Å². The first-order valence-corrected chi connectivity index (χ1v) is 8.78. The normalized spacial score (nSPS) is 14.4. The van der Waals surface area contributed by atoms with E-state index in [9.17, 15) is 23.2 Å². The molecular weight excluding hydrogens is 336 g/mol. The summed E-state index contributed by atoms with van der Waals surface area (Å²) in [5.74, 6) is 0.474. The van der Waals surface area contributed by atoms with Crippen molar-refractivity contribution in [2.45, 2.75) is 31.0 Å². The molecule has 0 aromatic heterocycles. The van der Waals surface area contributed by atoms with Crippen LogP contribution in [0.4, 0.5) is 0 Å². The molecule has 0 aliphatic rings. The molecular formula is C16H20O7S. The summed E-state index contributed by atoms with van der Waals surface area (Å²) in [5, 5.41) is 19.7. The van der Waals surface area contributed by atoms with Crippen molar-refractivity contribution < 1.29 is 32.7 Å². The molecule has 0 amide bonds. The van der Waals surface area contributed by atoms with E-state index in [1.54, 1.807) is 25.1 Å². The fourth-order valence-electron chi connectivity index (χ4n) is 2.12. The molecule has 0 saturated carbocycles. The molecule has 0 fully saturated rings. The lowest BCUT2D eigenvalue weighted by molar-refractivity contribution is 0.121. The quantitative estimate of drug-likeness (QED) is 0.646. The van der Waals surface area contributed by atoms with E-state index in [4.69, 9.17) is 9.47 Å². The third-order valence-corrected chi connectivity index (χ3v) is 4.02. The van der Waals surface area contributed by atoms with E-state index >= 15 is 0 Å². The van der Waals surface area contributed by atoms with Crippen LogP contribution in [0.3, 0.4) is 0 Å². The molecule has 132 valence electrons. The largest absolute Gasteiger partial charge is 0.491 e. The van der Waals surface area contributed by atoms with Crippen molar-refractivity contribution >= 4 is 20.9 Å². The Kier molecular flexibility index (Phi) is 5.66. The van der Waals surface area contributed by atoms with Gasteiger partial charge in [0.1, 0.15) is 29.6 Å². The van der Waals surface area contributed by atoms with Gasteiger partial charge in [0.25, 0.3) is 10.1 Å². The molecule has 0 aliphatic carbocycles. The van der Waals surface area contributed by atoms with Crippen LogP contribution in [0, 0.1) is 0 Å². The molecule has 2 aromatic carbocycles.